The van der Waals surface area contributed by atoms with Crippen molar-refractivity contribution in [1.82, 2.24) is 4.98 Å². The number of aromatic nitrogens is 1. The summed E-state index contributed by atoms with van der Waals surface area (Å²) in [6.45, 7) is 0. The molecule has 0 saturated heterocycles. The number of halogens is 3. The number of carbonyl (C=O) groups excluding carboxylic acids is 1. The molecule has 1 aromatic carbocycles. The van der Waals surface area contributed by atoms with E-state index in [1.165, 1.54) is 6.07 Å². The standard InChI is InChI=1S/C12H9F3N2O/c13-12(14,15)9-4-7-2-1-3-8(5-10(16)18)11(7)17-6-9/h1-4,6H,5H2,(H2,16,18). The van der Waals surface area contributed by atoms with Crippen molar-refractivity contribution in [3.05, 3.63) is 41.6 Å². The molecule has 0 radical (unpaired) electrons. The number of fused-ring (bicyclic) bond motifs is 1. The zero-order valence-electron chi connectivity index (χ0n) is 9.16. The van der Waals surface area contributed by atoms with Crippen molar-refractivity contribution >= 4 is 16.8 Å². The highest BCUT2D eigenvalue weighted by atomic mass is 19.4. The van der Waals surface area contributed by atoms with Gasteiger partial charge in [0.05, 0.1) is 17.5 Å². The first-order valence-electron chi connectivity index (χ1n) is 5.11. The van der Waals surface area contributed by atoms with Crippen LogP contribution in [0.5, 0.6) is 0 Å². The third-order valence-electron chi connectivity index (χ3n) is 2.49. The predicted octanol–water partition coefficient (Wildman–Crippen LogP) is 2.28. The smallest absolute Gasteiger partial charge is 0.369 e. The Hall–Kier alpha value is -2.11. The Labute approximate surface area is 100 Å². The van der Waals surface area contributed by atoms with E-state index in [2.05, 4.69) is 4.98 Å². The summed E-state index contributed by atoms with van der Waals surface area (Å²) in [4.78, 5) is 14.6. The number of nitrogens with two attached hydrogens (primary N) is 1. The third kappa shape index (κ3) is 2.42. The highest BCUT2D eigenvalue weighted by Crippen LogP contribution is 2.31. The Kier molecular flexibility index (Phi) is 2.94. The van der Waals surface area contributed by atoms with Crippen molar-refractivity contribution < 1.29 is 18.0 Å². The van der Waals surface area contributed by atoms with E-state index < -0.39 is 17.6 Å². The molecule has 2 rings (SSSR count). The maximum absolute atomic E-state index is 12.5. The van der Waals surface area contributed by atoms with Gasteiger partial charge in [-0.3, -0.25) is 9.78 Å². The monoisotopic (exact) mass is 254 g/mol. The molecule has 0 atom stereocenters. The molecule has 3 nitrogen and oxygen atoms in total. The average Bonchev–Trinajstić information content (AvgIpc) is 2.27. The molecule has 1 aromatic heterocycles. The average molecular weight is 254 g/mol. The molecule has 1 heterocycles. The Balaban J connectivity index is 2.57. The minimum absolute atomic E-state index is 0.0459. The summed E-state index contributed by atoms with van der Waals surface area (Å²) in [5, 5.41) is 0.337. The van der Waals surface area contributed by atoms with Crippen molar-refractivity contribution in [3.63, 3.8) is 0 Å². The van der Waals surface area contributed by atoms with Crippen LogP contribution in [0.1, 0.15) is 11.1 Å². The predicted molar refractivity (Wildman–Crippen MR) is 59.6 cm³/mol. The molecular weight excluding hydrogens is 245 g/mol. The number of hydrogen-bond acceptors (Lipinski definition) is 2. The maximum atomic E-state index is 12.5. The summed E-state index contributed by atoms with van der Waals surface area (Å²) < 4.78 is 37.5. The largest absolute Gasteiger partial charge is 0.417 e. The van der Waals surface area contributed by atoms with Crippen LogP contribution in [0.3, 0.4) is 0 Å². The van der Waals surface area contributed by atoms with Crippen molar-refractivity contribution in [2.45, 2.75) is 12.6 Å². The van der Waals surface area contributed by atoms with Gasteiger partial charge >= 0.3 is 6.18 Å². The first-order chi connectivity index (χ1) is 8.38. The lowest BCUT2D eigenvalue weighted by atomic mass is 10.1. The molecule has 2 aromatic rings. The number of pyridine rings is 1. The van der Waals surface area contributed by atoms with Gasteiger partial charge in [0.25, 0.3) is 0 Å². The van der Waals surface area contributed by atoms with Gasteiger partial charge in [-0.25, -0.2) is 0 Å². The Morgan fingerprint density at radius 1 is 1.33 bits per heavy atom. The van der Waals surface area contributed by atoms with Crippen LogP contribution < -0.4 is 5.73 Å². The van der Waals surface area contributed by atoms with Gasteiger partial charge in [-0.15, -0.1) is 0 Å². The first-order valence-corrected chi connectivity index (χ1v) is 5.11. The number of primary amides is 1. The van der Waals surface area contributed by atoms with Crippen LogP contribution in [-0.4, -0.2) is 10.9 Å². The molecule has 0 fully saturated rings. The molecule has 0 aliphatic rings. The van der Waals surface area contributed by atoms with Crippen molar-refractivity contribution in [1.29, 1.82) is 0 Å². The van der Waals surface area contributed by atoms with Crippen molar-refractivity contribution in [3.8, 4) is 0 Å². The van der Waals surface area contributed by atoms with E-state index in [0.717, 1.165) is 12.3 Å². The van der Waals surface area contributed by atoms with E-state index in [0.29, 0.717) is 16.5 Å². The Morgan fingerprint density at radius 3 is 2.67 bits per heavy atom. The molecule has 0 spiro atoms. The Morgan fingerprint density at radius 2 is 2.06 bits per heavy atom. The molecular formula is C12H9F3N2O. The van der Waals surface area contributed by atoms with E-state index in [4.69, 9.17) is 5.73 Å². The summed E-state index contributed by atoms with van der Waals surface area (Å²) in [5.74, 6) is -0.552. The van der Waals surface area contributed by atoms with Crippen LogP contribution >= 0.6 is 0 Å². The molecule has 0 aliphatic heterocycles. The quantitative estimate of drug-likeness (QED) is 0.893. The summed E-state index contributed by atoms with van der Waals surface area (Å²) in [6, 6.07) is 5.71. The van der Waals surface area contributed by atoms with Crippen LogP contribution in [0.2, 0.25) is 0 Å². The van der Waals surface area contributed by atoms with Crippen molar-refractivity contribution in [2.24, 2.45) is 5.73 Å². The summed E-state index contributed by atoms with van der Waals surface area (Å²) in [6.07, 6.45) is -3.72. The van der Waals surface area contributed by atoms with Gasteiger partial charge in [-0.2, -0.15) is 13.2 Å². The molecule has 2 N–H and O–H groups in total. The minimum Gasteiger partial charge on any atom is -0.369 e. The number of benzene rings is 1. The van der Waals surface area contributed by atoms with Gasteiger partial charge < -0.3 is 5.73 Å². The second kappa shape index (κ2) is 4.29. The van der Waals surface area contributed by atoms with E-state index in [1.54, 1.807) is 12.1 Å². The molecule has 18 heavy (non-hydrogen) atoms. The van der Waals surface area contributed by atoms with Crippen LogP contribution in [0.25, 0.3) is 10.9 Å². The molecule has 0 saturated carbocycles. The number of carbonyl (C=O) groups is 1. The van der Waals surface area contributed by atoms with Crippen molar-refractivity contribution in [2.75, 3.05) is 0 Å². The number of nitrogens with zero attached hydrogens (tertiary/aromatic N) is 1. The number of para-hydroxylation sites is 1. The zero-order chi connectivity index (χ0) is 13.3. The summed E-state index contributed by atoms with van der Waals surface area (Å²) >= 11 is 0. The molecule has 94 valence electrons. The van der Waals surface area contributed by atoms with Gasteiger partial charge in [0.1, 0.15) is 0 Å². The second-order valence-electron chi connectivity index (χ2n) is 3.85. The molecule has 0 bridgehead atoms. The molecule has 1 amide bonds. The fourth-order valence-electron chi connectivity index (χ4n) is 1.71. The Bertz CT molecular complexity index is 608. The fourth-order valence-corrected chi connectivity index (χ4v) is 1.71. The van der Waals surface area contributed by atoms with Crippen LogP contribution in [0.4, 0.5) is 13.2 Å². The normalized spacial score (nSPS) is 11.7. The van der Waals surface area contributed by atoms with Crippen LogP contribution in [0.15, 0.2) is 30.5 Å². The number of rotatable bonds is 2. The van der Waals surface area contributed by atoms with E-state index in [-0.39, 0.29) is 6.42 Å². The van der Waals surface area contributed by atoms with E-state index in [1.807, 2.05) is 0 Å². The minimum atomic E-state index is -4.43. The number of alkyl halides is 3. The maximum Gasteiger partial charge on any atom is 0.417 e. The molecule has 0 unspecified atom stereocenters. The van der Waals surface area contributed by atoms with Gasteiger partial charge in [0, 0.05) is 11.6 Å². The molecule has 6 heteroatoms. The second-order valence-corrected chi connectivity index (χ2v) is 3.85. The van der Waals surface area contributed by atoms with Gasteiger partial charge in [-0.1, -0.05) is 18.2 Å². The summed E-state index contributed by atoms with van der Waals surface area (Å²) in [7, 11) is 0. The highest BCUT2D eigenvalue weighted by Gasteiger charge is 2.31. The van der Waals surface area contributed by atoms with Gasteiger partial charge in [0.2, 0.25) is 5.91 Å². The van der Waals surface area contributed by atoms with Gasteiger partial charge in [-0.05, 0) is 11.6 Å². The number of hydrogen-bond donors (Lipinski definition) is 1. The SMILES string of the molecule is NC(=O)Cc1cccc2cc(C(F)(F)F)cnc12. The lowest BCUT2D eigenvalue weighted by Crippen LogP contribution is -2.14. The topological polar surface area (TPSA) is 56.0 Å². The van der Waals surface area contributed by atoms with Crippen LogP contribution in [-0.2, 0) is 17.4 Å². The highest BCUT2D eigenvalue weighted by molar-refractivity contribution is 5.87. The van der Waals surface area contributed by atoms with Crippen LogP contribution in [0, 0.1) is 0 Å². The lowest BCUT2D eigenvalue weighted by Gasteiger charge is -2.08. The van der Waals surface area contributed by atoms with E-state index >= 15 is 0 Å². The van der Waals surface area contributed by atoms with E-state index in [9.17, 15) is 18.0 Å². The lowest BCUT2D eigenvalue weighted by molar-refractivity contribution is -0.137. The molecule has 0 aliphatic carbocycles. The zero-order valence-corrected chi connectivity index (χ0v) is 9.16. The fraction of sp³-hybridized carbons (Fsp3) is 0.167. The summed E-state index contributed by atoms with van der Waals surface area (Å²) in [5.41, 5.74) is 5.14. The number of amides is 1. The third-order valence-corrected chi connectivity index (χ3v) is 2.49. The van der Waals surface area contributed by atoms with Gasteiger partial charge in [0.15, 0.2) is 0 Å². The first kappa shape index (κ1) is 12.3.